The number of rotatable bonds is 4. The summed E-state index contributed by atoms with van der Waals surface area (Å²) in [6.45, 7) is 10.5. The number of aryl methyl sites for hydroxylation is 1. The van der Waals surface area contributed by atoms with Crippen molar-refractivity contribution in [1.82, 2.24) is 24.5 Å². The van der Waals surface area contributed by atoms with Gasteiger partial charge in [0.25, 0.3) is 0 Å². The zero-order chi connectivity index (χ0) is 26.4. The highest BCUT2D eigenvalue weighted by molar-refractivity contribution is 6.34. The van der Waals surface area contributed by atoms with Gasteiger partial charge in [-0.05, 0) is 49.1 Å². The molecule has 0 saturated heterocycles. The van der Waals surface area contributed by atoms with Gasteiger partial charge in [-0.15, -0.1) is 0 Å². The molecule has 0 bridgehead atoms. The van der Waals surface area contributed by atoms with Crippen molar-refractivity contribution in [3.8, 4) is 16.9 Å². The second kappa shape index (κ2) is 10.1. The molecule has 6 nitrogen and oxygen atoms in total. The maximum atomic E-state index is 13.9. The van der Waals surface area contributed by atoms with Crippen molar-refractivity contribution in [3.05, 3.63) is 74.3 Å². The fraction of sp³-hybridized carbons (Fsp3) is 0.414. The molecule has 4 aromatic rings. The Labute approximate surface area is 227 Å². The lowest BCUT2D eigenvalue weighted by Gasteiger charge is -2.33. The fourth-order valence-corrected chi connectivity index (χ4v) is 6.04. The second-order valence-electron chi connectivity index (χ2n) is 10.7. The summed E-state index contributed by atoms with van der Waals surface area (Å²) < 4.78 is 1.48. The van der Waals surface area contributed by atoms with E-state index in [1.807, 2.05) is 51.1 Å². The third-order valence-electron chi connectivity index (χ3n) is 7.64. The molecule has 1 fully saturated rings. The molecule has 37 heavy (non-hydrogen) atoms. The summed E-state index contributed by atoms with van der Waals surface area (Å²) in [6.07, 6.45) is 4.66. The van der Waals surface area contributed by atoms with Gasteiger partial charge in [0.2, 0.25) is 0 Å². The van der Waals surface area contributed by atoms with E-state index in [2.05, 4.69) is 28.8 Å². The molecule has 0 amide bonds. The largest absolute Gasteiger partial charge is 0.354 e. The van der Waals surface area contributed by atoms with Crippen LogP contribution in [0.1, 0.15) is 75.7 Å². The van der Waals surface area contributed by atoms with Crippen LogP contribution in [0.5, 0.6) is 0 Å². The Morgan fingerprint density at radius 3 is 2.54 bits per heavy atom. The van der Waals surface area contributed by atoms with Crippen molar-refractivity contribution in [2.75, 3.05) is 0 Å². The highest BCUT2D eigenvalue weighted by atomic mass is 35.5. The normalized spacial score (nSPS) is 20.1. The van der Waals surface area contributed by atoms with Gasteiger partial charge in [-0.25, -0.2) is 24.3 Å². The molecule has 0 spiro atoms. The van der Waals surface area contributed by atoms with E-state index in [4.69, 9.17) is 28.2 Å². The molecule has 1 aliphatic carbocycles. The number of hydrogen-bond acceptors (Lipinski definition) is 5. The number of fused-ring (bicyclic) bond motifs is 1. The number of halogens is 2. The molecule has 0 aliphatic heterocycles. The lowest BCUT2D eigenvalue weighted by Crippen LogP contribution is -2.29. The summed E-state index contributed by atoms with van der Waals surface area (Å²) in [4.78, 5) is 32.3. The zero-order valence-electron chi connectivity index (χ0n) is 21.8. The topological polar surface area (TPSA) is 73.6 Å². The third kappa shape index (κ3) is 4.66. The Balaban J connectivity index is 1.90. The van der Waals surface area contributed by atoms with E-state index < -0.39 is 5.69 Å². The molecule has 192 valence electrons. The molecule has 1 saturated carbocycles. The predicted octanol–water partition coefficient (Wildman–Crippen LogP) is 7.52. The van der Waals surface area contributed by atoms with Gasteiger partial charge in [0, 0.05) is 16.9 Å². The molecule has 3 aromatic heterocycles. The van der Waals surface area contributed by atoms with Crippen LogP contribution in [0.2, 0.25) is 10.2 Å². The first-order valence-corrected chi connectivity index (χ1v) is 13.6. The monoisotopic (exact) mass is 535 g/mol. The molecule has 1 unspecified atom stereocenters. The van der Waals surface area contributed by atoms with Crippen LogP contribution in [-0.4, -0.2) is 24.5 Å². The first kappa shape index (κ1) is 25.8. The first-order chi connectivity index (χ1) is 17.7. The van der Waals surface area contributed by atoms with Gasteiger partial charge in [-0.2, -0.15) is 4.98 Å². The Hall–Kier alpha value is -2.83. The van der Waals surface area contributed by atoms with E-state index in [0.717, 1.165) is 35.0 Å². The van der Waals surface area contributed by atoms with Crippen molar-refractivity contribution >= 4 is 34.2 Å². The van der Waals surface area contributed by atoms with Crippen molar-refractivity contribution in [2.24, 2.45) is 11.8 Å². The van der Waals surface area contributed by atoms with Gasteiger partial charge >= 0.3 is 5.69 Å². The molecule has 8 heteroatoms. The average molecular weight is 537 g/mol. The van der Waals surface area contributed by atoms with E-state index in [0.29, 0.717) is 39.6 Å². The van der Waals surface area contributed by atoms with E-state index in [9.17, 15) is 4.79 Å². The van der Waals surface area contributed by atoms with Gasteiger partial charge in [-0.1, -0.05) is 81.6 Å². The van der Waals surface area contributed by atoms with Gasteiger partial charge in [0.1, 0.15) is 12.0 Å². The average Bonchev–Trinajstić information content (AvgIpc) is 2.86. The maximum Gasteiger partial charge on any atom is 0.354 e. The van der Waals surface area contributed by atoms with E-state index in [1.54, 1.807) is 0 Å². The highest BCUT2D eigenvalue weighted by Crippen LogP contribution is 2.43. The minimum absolute atomic E-state index is 0.000480. The van der Waals surface area contributed by atoms with Crippen LogP contribution in [0.3, 0.4) is 0 Å². The van der Waals surface area contributed by atoms with Gasteiger partial charge in [0.15, 0.2) is 10.8 Å². The summed E-state index contributed by atoms with van der Waals surface area (Å²) in [5.41, 5.74) is 4.44. The summed E-state index contributed by atoms with van der Waals surface area (Å²) >= 11 is 13.5. The van der Waals surface area contributed by atoms with Gasteiger partial charge < -0.3 is 0 Å². The van der Waals surface area contributed by atoms with Gasteiger partial charge in [-0.3, -0.25) is 0 Å². The van der Waals surface area contributed by atoms with Crippen molar-refractivity contribution in [1.29, 1.82) is 0 Å². The highest BCUT2D eigenvalue weighted by Gasteiger charge is 2.32. The summed E-state index contributed by atoms with van der Waals surface area (Å²) in [5, 5.41) is 1.47. The molecular formula is C29H31Cl2N5O. The molecule has 1 aliphatic rings. The van der Waals surface area contributed by atoms with Crippen LogP contribution in [0.15, 0.2) is 41.5 Å². The Morgan fingerprint density at radius 1 is 1.05 bits per heavy atom. The molecule has 0 N–H and O–H groups in total. The standard InChI is InChI=1S/C29H31Cl2N5O/c1-15(2)23-26(27(31)33-14-32-23)36-28-21(13-22(30)25(34-28)19-9-7-6-8-17(19)4)24(35-29(36)37)20-12-16(3)10-11-18(20)5/h6-9,13-16,18,20H,10-12H2,1-5H3/t16-,18-,20?/m0/s1. The Kier molecular flexibility index (Phi) is 7.08. The number of nitrogens with zero attached hydrogens (tertiary/aromatic N) is 5. The van der Waals surface area contributed by atoms with Crippen LogP contribution >= 0.6 is 23.2 Å². The summed E-state index contributed by atoms with van der Waals surface area (Å²) in [5.74, 6) is 1.09. The molecule has 3 heterocycles. The molecule has 1 aromatic carbocycles. The molecular weight excluding hydrogens is 505 g/mol. The second-order valence-corrected chi connectivity index (χ2v) is 11.4. The zero-order valence-corrected chi connectivity index (χ0v) is 23.3. The fourth-order valence-electron chi connectivity index (χ4n) is 5.57. The van der Waals surface area contributed by atoms with E-state index in [1.165, 1.54) is 17.3 Å². The first-order valence-electron chi connectivity index (χ1n) is 12.9. The SMILES string of the molecule is Cc1ccccc1-c1nc2c(cc1Cl)c(C1C[C@@H](C)CC[C@@H]1C)nc(=O)n2-c1c(Cl)ncnc1C(C)C. The smallest absolute Gasteiger partial charge is 0.245 e. The van der Waals surface area contributed by atoms with Crippen molar-refractivity contribution in [2.45, 2.75) is 65.7 Å². The minimum atomic E-state index is -0.433. The van der Waals surface area contributed by atoms with Crippen LogP contribution in [0.25, 0.3) is 28.0 Å². The quantitative estimate of drug-likeness (QED) is 0.252. The molecule has 0 radical (unpaired) electrons. The Morgan fingerprint density at radius 2 is 1.81 bits per heavy atom. The van der Waals surface area contributed by atoms with E-state index in [-0.39, 0.29) is 17.0 Å². The summed E-state index contributed by atoms with van der Waals surface area (Å²) in [6, 6.07) is 9.87. The van der Waals surface area contributed by atoms with Crippen molar-refractivity contribution in [3.63, 3.8) is 0 Å². The minimum Gasteiger partial charge on any atom is -0.245 e. The van der Waals surface area contributed by atoms with Gasteiger partial charge in [0.05, 0.1) is 22.1 Å². The van der Waals surface area contributed by atoms with Crippen LogP contribution in [-0.2, 0) is 0 Å². The van der Waals surface area contributed by atoms with Crippen LogP contribution in [0, 0.1) is 18.8 Å². The lowest BCUT2D eigenvalue weighted by atomic mass is 9.73. The third-order valence-corrected chi connectivity index (χ3v) is 8.20. The number of benzene rings is 1. The number of pyridine rings is 1. The van der Waals surface area contributed by atoms with Crippen LogP contribution < -0.4 is 5.69 Å². The molecule has 3 atom stereocenters. The predicted molar refractivity (Wildman–Crippen MR) is 150 cm³/mol. The number of hydrogen-bond donors (Lipinski definition) is 0. The summed E-state index contributed by atoms with van der Waals surface area (Å²) in [7, 11) is 0. The van der Waals surface area contributed by atoms with Crippen molar-refractivity contribution < 1.29 is 0 Å². The Bertz CT molecular complexity index is 1550. The maximum absolute atomic E-state index is 13.9. The number of aromatic nitrogens is 5. The van der Waals surface area contributed by atoms with Crippen LogP contribution in [0.4, 0.5) is 0 Å². The molecule has 5 rings (SSSR count). The van der Waals surface area contributed by atoms with E-state index >= 15 is 0 Å². The lowest BCUT2D eigenvalue weighted by molar-refractivity contribution is 0.262.